The maximum Gasteiger partial charge on any atom is 4.00 e. The molecular weight excluding hydrogens is 468 g/mol. The van der Waals surface area contributed by atoms with E-state index < -0.39 is 24.4 Å². The van der Waals surface area contributed by atoms with E-state index in [9.17, 15) is 18.4 Å². The van der Waals surface area contributed by atoms with Gasteiger partial charge in [-0.1, -0.05) is 0 Å². The molecule has 4 aliphatic rings. The van der Waals surface area contributed by atoms with Crippen molar-refractivity contribution in [2.45, 2.75) is 32.1 Å². The first-order chi connectivity index (χ1) is 8.50. The first-order valence-electron chi connectivity index (χ1n) is 6.38. The minimum atomic E-state index is -1.89. The topological polar surface area (TPSA) is 43.4 Å². The van der Waals surface area contributed by atoms with Crippen molar-refractivity contribution in [3.63, 3.8) is 0 Å². The van der Waals surface area contributed by atoms with Crippen LogP contribution < -0.4 is 0 Å². The zero-order valence-corrected chi connectivity index (χ0v) is 15.8. The number of rotatable bonds is 3. The monoisotopic (exact) mass is 494 g/mol. The Morgan fingerprint density at radius 1 is 1.14 bits per heavy atom. The maximum absolute atomic E-state index is 12.0. The van der Waals surface area contributed by atoms with Gasteiger partial charge in [0.05, 0.1) is 5.41 Å². The summed E-state index contributed by atoms with van der Waals surface area (Å²) in [6, 6.07) is 0. The van der Waals surface area contributed by atoms with E-state index in [-0.39, 0.29) is 59.7 Å². The van der Waals surface area contributed by atoms with Gasteiger partial charge in [0, 0.05) is 24.9 Å². The molecule has 2 atom stereocenters. The average molecular weight is 493 g/mol. The normalized spacial score (nSPS) is 34.0. The van der Waals surface area contributed by atoms with E-state index in [0.717, 1.165) is 12.8 Å². The number of halogens is 2. The molecule has 0 aromatic rings. The van der Waals surface area contributed by atoms with Gasteiger partial charge in [-0.15, -0.1) is 0 Å². The molecule has 4 rings (SSSR count). The van der Waals surface area contributed by atoms with Gasteiger partial charge in [0.2, 0.25) is 0 Å². The Labute approximate surface area is 145 Å². The van der Waals surface area contributed by atoms with E-state index >= 15 is 0 Å². The number of carbonyl (C=O) groups excluding carboxylic acids is 2. The van der Waals surface area contributed by atoms with Crippen molar-refractivity contribution >= 4 is 11.8 Å². The predicted octanol–water partition coefficient (Wildman–Crippen LogP) is 3.70. The number of esters is 1. The second-order valence-electron chi connectivity index (χ2n) is 5.94. The van der Waals surface area contributed by atoms with Gasteiger partial charge in [-0.2, -0.15) is 0 Å². The van der Waals surface area contributed by atoms with Gasteiger partial charge < -0.3 is 35.8 Å². The maximum atomic E-state index is 12.0. The Morgan fingerprint density at radius 3 is 2.09 bits per heavy atom. The van der Waals surface area contributed by atoms with Crippen LogP contribution in [0, 0.1) is 51.9 Å². The average Bonchev–Trinajstić information content (AvgIpc) is 2.31. The molecule has 4 aliphatic carbocycles. The van der Waals surface area contributed by atoms with Gasteiger partial charge in [-0.3, -0.25) is 9.59 Å². The van der Waals surface area contributed by atoms with Crippen LogP contribution in [0.5, 0.6) is 0 Å². The van der Waals surface area contributed by atoms with E-state index in [1.807, 2.05) is 0 Å². The molecule has 0 aliphatic heterocycles. The number of ether oxygens (including phenoxy) is 1. The Hall–Kier alpha value is -0.364. The third-order valence-corrected chi connectivity index (χ3v) is 4.74. The third-order valence-electron chi connectivity index (χ3n) is 4.74. The molecule has 4 bridgehead atoms. The number of ketones is 1. The van der Waals surface area contributed by atoms with E-state index in [1.54, 1.807) is 0 Å². The van der Waals surface area contributed by atoms with Gasteiger partial charge in [-0.25, -0.2) is 0 Å². The Balaban J connectivity index is 0. The van der Waals surface area contributed by atoms with E-state index in [4.69, 9.17) is 0 Å². The largest absolute Gasteiger partial charge is 4.00 e. The first kappa shape index (κ1) is 23.9. The fraction of sp³-hybridized carbons (Fsp3) is 0.625. The van der Waals surface area contributed by atoms with Crippen LogP contribution in [-0.2, 0) is 34.1 Å². The second kappa shape index (κ2) is 8.48. The summed E-state index contributed by atoms with van der Waals surface area (Å²) in [4.78, 5) is 24.0. The quantitative estimate of drug-likeness (QED) is 0.446. The molecular formula is C16H24F2O3Os. The van der Waals surface area contributed by atoms with Crippen molar-refractivity contribution in [3.8, 4) is 0 Å². The first-order valence-corrected chi connectivity index (χ1v) is 6.38. The van der Waals surface area contributed by atoms with Crippen molar-refractivity contribution in [1.29, 1.82) is 0 Å². The summed E-state index contributed by atoms with van der Waals surface area (Å²) >= 11 is 0. The molecule has 2 unspecified atom stereocenters. The molecule has 0 aromatic carbocycles. The van der Waals surface area contributed by atoms with Crippen molar-refractivity contribution in [1.82, 2.24) is 0 Å². The van der Waals surface area contributed by atoms with Crippen LogP contribution in [0.25, 0.3) is 0 Å². The van der Waals surface area contributed by atoms with Gasteiger partial charge in [0.1, 0.15) is 5.78 Å². The number of hydrogen-bond donors (Lipinski definition) is 0. The fourth-order valence-electron chi connectivity index (χ4n) is 4.27. The smallest absolute Gasteiger partial charge is 0.493 e. The van der Waals surface area contributed by atoms with Gasteiger partial charge in [0.15, 0.2) is 0 Å². The summed E-state index contributed by atoms with van der Waals surface area (Å²) < 4.78 is 28.7. The van der Waals surface area contributed by atoms with Crippen LogP contribution in [0.1, 0.15) is 32.1 Å². The molecule has 0 aromatic heterocycles. The Bertz CT molecular complexity index is 383. The molecule has 0 radical (unpaired) electrons. The molecule has 0 heterocycles. The molecule has 6 heteroatoms. The molecule has 0 saturated heterocycles. The van der Waals surface area contributed by atoms with Crippen LogP contribution >= 0.6 is 0 Å². The molecule has 4 fully saturated rings. The Morgan fingerprint density at radius 2 is 1.64 bits per heavy atom. The zero-order chi connectivity index (χ0) is 12.9. The van der Waals surface area contributed by atoms with Gasteiger partial charge >= 0.3 is 25.8 Å². The molecule has 0 amide bonds. The van der Waals surface area contributed by atoms with E-state index in [2.05, 4.69) is 4.74 Å². The molecule has 4 saturated carbocycles. The molecule has 3 nitrogen and oxygen atoms in total. The number of Topliss-reactive ketones (excluding diaryl/α,β-unsaturated/α-hetero) is 1. The van der Waals surface area contributed by atoms with Crippen molar-refractivity contribution < 1.29 is 42.9 Å². The molecule has 0 spiro atoms. The van der Waals surface area contributed by atoms with Crippen molar-refractivity contribution in [2.75, 3.05) is 6.61 Å². The summed E-state index contributed by atoms with van der Waals surface area (Å²) in [6.07, 6.45) is 1.57. The van der Waals surface area contributed by atoms with Gasteiger partial charge in [0.25, 0.3) is 0 Å². The third kappa shape index (κ3) is 3.93. The van der Waals surface area contributed by atoms with Gasteiger partial charge in [-0.05, 0) is 38.0 Å². The number of hydrogen-bond acceptors (Lipinski definition) is 3. The minimum absolute atomic E-state index is 0. The van der Waals surface area contributed by atoms with Crippen LogP contribution in [0.4, 0.5) is 8.78 Å². The predicted molar refractivity (Wildman–Crippen MR) is 76.7 cm³/mol. The molecule has 128 valence electrons. The Kier molecular flexibility index (Phi) is 9.21. The molecule has 22 heavy (non-hydrogen) atoms. The van der Waals surface area contributed by atoms with Crippen LogP contribution in [0.15, 0.2) is 0 Å². The number of carbonyl (C=O) groups is 2. The van der Waals surface area contributed by atoms with Crippen LogP contribution in [0.2, 0.25) is 0 Å². The van der Waals surface area contributed by atoms with Crippen LogP contribution in [0.3, 0.4) is 0 Å². The van der Waals surface area contributed by atoms with Crippen molar-refractivity contribution in [2.24, 2.45) is 23.2 Å². The zero-order valence-electron chi connectivity index (χ0n) is 13.3. The standard InChI is InChI=1S/C13H15F2O3.3CH3.Os/c14-10(15)6-18-12(17)13-3-7-1-8(4-13)11(16)9(2-7)5-13;;;;/h7-9H,1-6H2;3*1H3;/q4*-1;+4. The molecule has 0 N–H and O–H groups in total. The summed E-state index contributed by atoms with van der Waals surface area (Å²) in [6.45, 7) is -0.908. The van der Waals surface area contributed by atoms with E-state index in [0.29, 0.717) is 25.2 Å². The second-order valence-corrected chi connectivity index (χ2v) is 5.94. The summed E-state index contributed by atoms with van der Waals surface area (Å²) in [5.41, 5.74) is -0.653. The van der Waals surface area contributed by atoms with E-state index in [1.165, 1.54) is 0 Å². The van der Waals surface area contributed by atoms with Crippen LogP contribution in [-0.4, -0.2) is 18.4 Å². The summed E-state index contributed by atoms with van der Waals surface area (Å²) in [7, 11) is 0. The summed E-state index contributed by atoms with van der Waals surface area (Å²) in [5, 5.41) is 0. The van der Waals surface area contributed by atoms with Crippen molar-refractivity contribution in [3.05, 3.63) is 28.7 Å². The summed E-state index contributed by atoms with van der Waals surface area (Å²) in [5.74, 6) is 0.0674. The SMILES string of the molecule is O=C1C2CC3CC1CC(C(=O)OC[C-](F)F)(C3)C2.[CH3-].[CH3-].[CH3-].[Os+4]. The minimum Gasteiger partial charge on any atom is -0.493 e. The fourth-order valence-corrected chi connectivity index (χ4v) is 4.27.